The van der Waals surface area contributed by atoms with Crippen LogP contribution in [0.5, 0.6) is 5.88 Å². The van der Waals surface area contributed by atoms with Gasteiger partial charge in [0.2, 0.25) is 5.88 Å². The summed E-state index contributed by atoms with van der Waals surface area (Å²) < 4.78 is 5.60. The van der Waals surface area contributed by atoms with E-state index in [1.165, 1.54) is 7.11 Å². The van der Waals surface area contributed by atoms with Crippen molar-refractivity contribution in [3.8, 4) is 5.88 Å². The van der Waals surface area contributed by atoms with Crippen molar-refractivity contribution in [3.63, 3.8) is 0 Å². The molecule has 1 aromatic rings. The summed E-state index contributed by atoms with van der Waals surface area (Å²) in [5, 5.41) is 17.7. The number of rotatable bonds is 2. The van der Waals surface area contributed by atoms with Crippen molar-refractivity contribution in [3.05, 3.63) is 15.8 Å². The number of halogens is 1. The molecule has 0 fully saturated rings. The third kappa shape index (κ3) is 2.08. The Morgan fingerprint density at radius 1 is 1.50 bits per heavy atom. The van der Waals surface area contributed by atoms with E-state index in [1.807, 2.05) is 22.6 Å². The first-order valence-corrected chi connectivity index (χ1v) is 4.29. The lowest BCUT2D eigenvalue weighted by Crippen LogP contribution is -2.31. The van der Waals surface area contributed by atoms with Crippen molar-refractivity contribution in [2.24, 2.45) is 0 Å². The topological polar surface area (TPSA) is 62.6 Å². The molecule has 1 rings (SSSR count). The number of aromatic nitrogens is 1. The molecule has 1 aromatic heterocycles. The monoisotopic (exact) mass is 279 g/mol. The Labute approximate surface area is 83.9 Å². The van der Waals surface area contributed by atoms with Crippen LogP contribution >= 0.6 is 22.6 Å². The molecule has 0 aliphatic rings. The molecule has 12 heavy (non-hydrogen) atoms. The predicted octanol–water partition coefficient (Wildman–Crippen LogP) is -0.625. The standard InChI is InChI=1S/C6H7BINO3/c1-12-6-4(7(10)11)2-3-5(8)9-6/h2-3,10-11H,1H3. The predicted molar refractivity (Wildman–Crippen MR) is 53.3 cm³/mol. The number of pyridine rings is 1. The zero-order chi connectivity index (χ0) is 9.14. The molecule has 0 saturated carbocycles. The zero-order valence-corrected chi connectivity index (χ0v) is 8.52. The van der Waals surface area contributed by atoms with E-state index in [2.05, 4.69) is 4.98 Å². The Balaban J connectivity index is 3.11. The van der Waals surface area contributed by atoms with Gasteiger partial charge in [0, 0.05) is 5.46 Å². The number of nitrogens with zero attached hydrogens (tertiary/aromatic N) is 1. The fourth-order valence-corrected chi connectivity index (χ4v) is 1.19. The summed E-state index contributed by atoms with van der Waals surface area (Å²) in [6, 6.07) is 3.25. The Kier molecular flexibility index (Phi) is 3.30. The van der Waals surface area contributed by atoms with E-state index < -0.39 is 7.12 Å². The van der Waals surface area contributed by atoms with Gasteiger partial charge in [0.15, 0.2) is 0 Å². The zero-order valence-electron chi connectivity index (χ0n) is 6.36. The minimum absolute atomic E-state index is 0.247. The molecule has 0 aromatic carbocycles. The molecule has 0 aliphatic heterocycles. The second-order valence-corrected chi connectivity index (χ2v) is 3.21. The van der Waals surface area contributed by atoms with Gasteiger partial charge in [-0.05, 0) is 28.7 Å². The summed E-state index contributed by atoms with van der Waals surface area (Å²) in [5.74, 6) is 0.247. The molecule has 6 heteroatoms. The van der Waals surface area contributed by atoms with Gasteiger partial charge in [0.1, 0.15) is 3.70 Å². The first kappa shape index (κ1) is 9.75. The first-order chi connectivity index (χ1) is 5.65. The average molecular weight is 279 g/mol. The highest BCUT2D eigenvalue weighted by Gasteiger charge is 2.17. The van der Waals surface area contributed by atoms with Crippen LogP contribution in [-0.2, 0) is 0 Å². The van der Waals surface area contributed by atoms with E-state index in [-0.39, 0.29) is 11.3 Å². The van der Waals surface area contributed by atoms with Gasteiger partial charge < -0.3 is 14.8 Å². The second kappa shape index (κ2) is 4.06. The van der Waals surface area contributed by atoms with Gasteiger partial charge in [-0.3, -0.25) is 0 Å². The quantitative estimate of drug-likeness (QED) is 0.430. The molecule has 0 spiro atoms. The number of hydrogen-bond donors (Lipinski definition) is 2. The van der Waals surface area contributed by atoms with Gasteiger partial charge in [-0.2, -0.15) is 0 Å². The highest BCUT2D eigenvalue weighted by Crippen LogP contribution is 2.06. The van der Waals surface area contributed by atoms with E-state index in [1.54, 1.807) is 12.1 Å². The van der Waals surface area contributed by atoms with Gasteiger partial charge >= 0.3 is 7.12 Å². The maximum absolute atomic E-state index is 8.86. The molecule has 0 saturated heterocycles. The Bertz CT molecular complexity index is 281. The van der Waals surface area contributed by atoms with Crippen LogP contribution in [0.3, 0.4) is 0 Å². The third-order valence-corrected chi connectivity index (χ3v) is 1.93. The average Bonchev–Trinajstić information content (AvgIpc) is 2.03. The lowest BCUT2D eigenvalue weighted by atomic mass is 9.81. The fraction of sp³-hybridized carbons (Fsp3) is 0.167. The maximum Gasteiger partial charge on any atom is 0.494 e. The van der Waals surface area contributed by atoms with Crippen molar-refractivity contribution in [1.29, 1.82) is 0 Å². The van der Waals surface area contributed by atoms with Gasteiger partial charge in [-0.1, -0.05) is 6.07 Å². The highest BCUT2D eigenvalue weighted by molar-refractivity contribution is 14.1. The van der Waals surface area contributed by atoms with Crippen LogP contribution in [-0.4, -0.2) is 29.3 Å². The Morgan fingerprint density at radius 2 is 2.17 bits per heavy atom. The Hall–Kier alpha value is -0.335. The summed E-state index contributed by atoms with van der Waals surface area (Å²) in [4.78, 5) is 3.96. The lowest BCUT2D eigenvalue weighted by Gasteiger charge is -2.05. The number of hydrogen-bond acceptors (Lipinski definition) is 4. The van der Waals surface area contributed by atoms with Crippen molar-refractivity contribution >= 4 is 35.2 Å². The van der Waals surface area contributed by atoms with Crippen molar-refractivity contribution in [1.82, 2.24) is 4.98 Å². The van der Waals surface area contributed by atoms with Crippen LogP contribution in [0.1, 0.15) is 0 Å². The van der Waals surface area contributed by atoms with Crippen LogP contribution in [0.4, 0.5) is 0 Å². The smallest absolute Gasteiger partial charge is 0.481 e. The fourth-order valence-electron chi connectivity index (χ4n) is 0.789. The van der Waals surface area contributed by atoms with E-state index >= 15 is 0 Å². The van der Waals surface area contributed by atoms with Gasteiger partial charge in [0.25, 0.3) is 0 Å². The Morgan fingerprint density at radius 3 is 2.67 bits per heavy atom. The molecule has 2 N–H and O–H groups in total. The van der Waals surface area contributed by atoms with E-state index in [9.17, 15) is 0 Å². The molecule has 0 bridgehead atoms. The van der Waals surface area contributed by atoms with Gasteiger partial charge in [0.05, 0.1) is 7.11 Å². The maximum atomic E-state index is 8.86. The summed E-state index contributed by atoms with van der Waals surface area (Å²) in [6.07, 6.45) is 0. The van der Waals surface area contributed by atoms with Crippen LogP contribution in [0.15, 0.2) is 12.1 Å². The molecule has 4 nitrogen and oxygen atoms in total. The second-order valence-electron chi connectivity index (χ2n) is 2.11. The highest BCUT2D eigenvalue weighted by atomic mass is 127. The molecule has 64 valence electrons. The van der Waals surface area contributed by atoms with Crippen LogP contribution in [0.25, 0.3) is 0 Å². The van der Waals surface area contributed by atoms with Gasteiger partial charge in [-0.25, -0.2) is 4.98 Å². The van der Waals surface area contributed by atoms with Gasteiger partial charge in [-0.15, -0.1) is 0 Å². The molecule has 1 heterocycles. The SMILES string of the molecule is COc1nc(I)ccc1B(O)O. The molecular formula is C6H7BINO3. The van der Waals surface area contributed by atoms with Crippen molar-refractivity contribution in [2.75, 3.05) is 7.11 Å². The summed E-state index contributed by atoms with van der Waals surface area (Å²) in [5.41, 5.74) is 0.276. The van der Waals surface area contributed by atoms with Crippen molar-refractivity contribution in [2.45, 2.75) is 0 Å². The van der Waals surface area contributed by atoms with Crippen LogP contribution in [0.2, 0.25) is 0 Å². The molecule has 0 amide bonds. The molecule has 0 atom stereocenters. The third-order valence-electron chi connectivity index (χ3n) is 1.33. The van der Waals surface area contributed by atoms with Crippen LogP contribution < -0.4 is 10.2 Å². The number of ether oxygens (including phenoxy) is 1. The minimum atomic E-state index is -1.54. The lowest BCUT2D eigenvalue weighted by molar-refractivity contribution is 0.390. The molecule has 0 unspecified atom stereocenters. The molecule has 0 radical (unpaired) electrons. The van der Waals surface area contributed by atoms with Crippen molar-refractivity contribution < 1.29 is 14.8 Å². The molecular weight excluding hydrogens is 272 g/mol. The summed E-state index contributed by atoms with van der Waals surface area (Å²) in [6.45, 7) is 0. The van der Waals surface area contributed by atoms with E-state index in [0.29, 0.717) is 0 Å². The minimum Gasteiger partial charge on any atom is -0.481 e. The van der Waals surface area contributed by atoms with Crippen LogP contribution in [0, 0.1) is 3.70 Å². The summed E-state index contributed by atoms with van der Waals surface area (Å²) >= 11 is 2.01. The summed E-state index contributed by atoms with van der Waals surface area (Å²) in [7, 11) is -0.103. The first-order valence-electron chi connectivity index (χ1n) is 3.21. The largest absolute Gasteiger partial charge is 0.494 e. The normalized spacial score (nSPS) is 9.67. The number of methoxy groups -OCH3 is 1. The van der Waals surface area contributed by atoms with E-state index in [0.717, 1.165) is 3.70 Å². The van der Waals surface area contributed by atoms with E-state index in [4.69, 9.17) is 14.8 Å². The molecule has 0 aliphatic carbocycles.